The molecule has 5 heteroatoms. The lowest BCUT2D eigenvalue weighted by molar-refractivity contribution is 0.771. The number of nitrogens with zero attached hydrogens (tertiary/aromatic N) is 2. The zero-order valence-electron chi connectivity index (χ0n) is 8.74. The topological polar surface area (TPSA) is 43.8 Å². The molecule has 1 heterocycles. The zero-order chi connectivity index (χ0) is 11.7. The Hall–Kier alpha value is -1.00. The Morgan fingerprint density at radius 3 is 2.88 bits per heavy atom. The van der Waals surface area contributed by atoms with Crippen LogP contribution >= 0.6 is 27.5 Å². The first-order valence-electron chi connectivity index (χ1n) is 4.89. The van der Waals surface area contributed by atoms with Crippen LogP contribution in [0.4, 0.5) is 5.82 Å². The average Bonchev–Trinajstić information content (AvgIpc) is 2.63. The van der Waals surface area contributed by atoms with Crippen LogP contribution in [0.3, 0.4) is 0 Å². The molecule has 0 unspecified atom stereocenters. The van der Waals surface area contributed by atoms with E-state index < -0.39 is 0 Å². The number of hydrogen-bond acceptors (Lipinski definition) is 2. The van der Waals surface area contributed by atoms with Gasteiger partial charge in [0.05, 0.1) is 11.3 Å². The standard InChI is InChI=1S/C11H11BrClN3/c1-2-16-6-15-10(11(16)14)8-5-7(12)3-4-9(8)13/h3-6H,2,14H2,1H3. The van der Waals surface area contributed by atoms with Crippen molar-refractivity contribution in [1.29, 1.82) is 0 Å². The van der Waals surface area contributed by atoms with Gasteiger partial charge in [0.1, 0.15) is 11.5 Å². The molecule has 1 aromatic heterocycles. The summed E-state index contributed by atoms with van der Waals surface area (Å²) in [6, 6.07) is 5.63. The van der Waals surface area contributed by atoms with Gasteiger partial charge in [-0.2, -0.15) is 0 Å². The van der Waals surface area contributed by atoms with Crippen molar-refractivity contribution in [2.45, 2.75) is 13.5 Å². The van der Waals surface area contributed by atoms with Crippen molar-refractivity contribution in [3.05, 3.63) is 34.0 Å². The predicted octanol–water partition coefficient (Wildman–Crippen LogP) is 3.57. The Labute approximate surface area is 107 Å². The summed E-state index contributed by atoms with van der Waals surface area (Å²) in [5, 5.41) is 0.649. The second-order valence-corrected chi connectivity index (χ2v) is 4.71. The summed E-state index contributed by atoms with van der Waals surface area (Å²) in [6.07, 6.45) is 1.72. The van der Waals surface area contributed by atoms with Gasteiger partial charge in [-0.05, 0) is 25.1 Å². The minimum Gasteiger partial charge on any atom is -0.383 e. The Bertz CT molecular complexity index is 522. The molecule has 1 aromatic carbocycles. The number of benzene rings is 1. The van der Waals surface area contributed by atoms with Crippen molar-refractivity contribution in [3.63, 3.8) is 0 Å². The van der Waals surface area contributed by atoms with Crippen molar-refractivity contribution in [3.8, 4) is 11.3 Å². The van der Waals surface area contributed by atoms with Crippen molar-refractivity contribution in [1.82, 2.24) is 9.55 Å². The molecule has 0 saturated carbocycles. The summed E-state index contributed by atoms with van der Waals surface area (Å²) in [5.41, 5.74) is 7.57. The molecule has 0 fully saturated rings. The van der Waals surface area contributed by atoms with Crippen molar-refractivity contribution >= 4 is 33.3 Å². The smallest absolute Gasteiger partial charge is 0.131 e. The SMILES string of the molecule is CCn1cnc(-c2cc(Br)ccc2Cl)c1N. The van der Waals surface area contributed by atoms with Gasteiger partial charge >= 0.3 is 0 Å². The first-order chi connectivity index (χ1) is 7.63. The maximum atomic E-state index is 6.13. The summed E-state index contributed by atoms with van der Waals surface area (Å²) in [5.74, 6) is 0.641. The predicted molar refractivity (Wildman–Crippen MR) is 70.5 cm³/mol. The third-order valence-corrected chi connectivity index (χ3v) is 3.23. The lowest BCUT2D eigenvalue weighted by Gasteiger charge is -2.04. The second-order valence-electron chi connectivity index (χ2n) is 3.39. The molecule has 3 nitrogen and oxygen atoms in total. The van der Waals surface area contributed by atoms with Gasteiger partial charge in [0.15, 0.2) is 0 Å². The fourth-order valence-corrected chi connectivity index (χ4v) is 2.10. The van der Waals surface area contributed by atoms with E-state index in [2.05, 4.69) is 20.9 Å². The normalized spacial score (nSPS) is 10.7. The van der Waals surface area contributed by atoms with E-state index in [1.54, 1.807) is 6.33 Å². The number of rotatable bonds is 2. The zero-order valence-corrected chi connectivity index (χ0v) is 11.1. The van der Waals surface area contributed by atoms with Crippen LogP contribution in [-0.2, 0) is 6.54 Å². The molecule has 0 atom stereocenters. The fraction of sp³-hybridized carbons (Fsp3) is 0.182. The highest BCUT2D eigenvalue weighted by atomic mass is 79.9. The van der Waals surface area contributed by atoms with E-state index >= 15 is 0 Å². The van der Waals surface area contributed by atoms with Gasteiger partial charge in [-0.25, -0.2) is 4.98 Å². The summed E-state index contributed by atoms with van der Waals surface area (Å²) < 4.78 is 2.84. The molecule has 2 rings (SSSR count). The number of nitrogen functional groups attached to an aromatic ring is 1. The van der Waals surface area contributed by atoms with Crippen LogP contribution in [0.2, 0.25) is 5.02 Å². The third kappa shape index (κ3) is 1.95. The lowest BCUT2D eigenvalue weighted by Crippen LogP contribution is -1.99. The van der Waals surface area contributed by atoms with Gasteiger partial charge in [0.2, 0.25) is 0 Å². The van der Waals surface area contributed by atoms with Gasteiger partial charge < -0.3 is 10.3 Å². The molecular formula is C11H11BrClN3. The van der Waals surface area contributed by atoms with E-state index in [-0.39, 0.29) is 0 Å². The molecular weight excluding hydrogens is 289 g/mol. The van der Waals surface area contributed by atoms with Crippen LogP contribution in [0.25, 0.3) is 11.3 Å². The summed E-state index contributed by atoms with van der Waals surface area (Å²) in [7, 11) is 0. The van der Waals surface area contributed by atoms with Gasteiger partial charge in [0.25, 0.3) is 0 Å². The summed E-state index contributed by atoms with van der Waals surface area (Å²) in [6.45, 7) is 2.81. The minimum absolute atomic E-state index is 0.641. The largest absolute Gasteiger partial charge is 0.383 e. The molecule has 0 aliphatic carbocycles. The number of hydrogen-bond donors (Lipinski definition) is 1. The molecule has 0 bridgehead atoms. The maximum absolute atomic E-state index is 6.13. The molecule has 84 valence electrons. The van der Waals surface area contributed by atoms with E-state index in [0.29, 0.717) is 10.8 Å². The van der Waals surface area contributed by atoms with Gasteiger partial charge in [-0.1, -0.05) is 27.5 Å². The van der Waals surface area contributed by atoms with Crippen LogP contribution in [0.15, 0.2) is 29.0 Å². The molecule has 0 amide bonds. The highest BCUT2D eigenvalue weighted by Gasteiger charge is 2.12. The third-order valence-electron chi connectivity index (χ3n) is 2.40. The van der Waals surface area contributed by atoms with E-state index in [0.717, 1.165) is 22.3 Å². The number of nitrogens with two attached hydrogens (primary N) is 1. The molecule has 0 saturated heterocycles. The first-order valence-corrected chi connectivity index (χ1v) is 6.06. The van der Waals surface area contributed by atoms with Crippen LogP contribution in [0, 0.1) is 0 Å². The molecule has 2 aromatic rings. The lowest BCUT2D eigenvalue weighted by atomic mass is 10.1. The number of aromatic nitrogens is 2. The quantitative estimate of drug-likeness (QED) is 0.921. The molecule has 0 aliphatic rings. The number of aryl methyl sites for hydroxylation is 1. The highest BCUT2D eigenvalue weighted by molar-refractivity contribution is 9.10. The Balaban J connectivity index is 2.58. The van der Waals surface area contributed by atoms with Gasteiger partial charge in [-0.3, -0.25) is 0 Å². The van der Waals surface area contributed by atoms with Crippen molar-refractivity contribution in [2.24, 2.45) is 0 Å². The van der Waals surface area contributed by atoms with Gasteiger partial charge in [0, 0.05) is 16.6 Å². The Kier molecular flexibility index (Phi) is 3.21. The summed E-state index contributed by atoms with van der Waals surface area (Å²) >= 11 is 9.54. The number of imidazole rings is 1. The molecule has 0 radical (unpaired) electrons. The molecule has 0 spiro atoms. The Morgan fingerprint density at radius 1 is 1.50 bits per heavy atom. The van der Waals surface area contributed by atoms with E-state index in [1.807, 2.05) is 29.7 Å². The number of halogens is 2. The fourth-order valence-electron chi connectivity index (χ4n) is 1.53. The van der Waals surface area contributed by atoms with E-state index in [9.17, 15) is 0 Å². The van der Waals surface area contributed by atoms with Crippen LogP contribution in [-0.4, -0.2) is 9.55 Å². The Morgan fingerprint density at radius 2 is 2.25 bits per heavy atom. The maximum Gasteiger partial charge on any atom is 0.131 e. The second kappa shape index (κ2) is 4.47. The van der Waals surface area contributed by atoms with Crippen LogP contribution in [0.1, 0.15) is 6.92 Å². The van der Waals surface area contributed by atoms with Crippen molar-refractivity contribution in [2.75, 3.05) is 5.73 Å². The van der Waals surface area contributed by atoms with Crippen LogP contribution in [0.5, 0.6) is 0 Å². The monoisotopic (exact) mass is 299 g/mol. The minimum atomic E-state index is 0.641. The van der Waals surface area contributed by atoms with Crippen LogP contribution < -0.4 is 5.73 Å². The molecule has 0 aliphatic heterocycles. The molecule has 2 N–H and O–H groups in total. The average molecular weight is 301 g/mol. The summed E-state index contributed by atoms with van der Waals surface area (Å²) in [4.78, 5) is 4.29. The highest BCUT2D eigenvalue weighted by Crippen LogP contribution is 2.32. The van der Waals surface area contributed by atoms with E-state index in [4.69, 9.17) is 17.3 Å². The van der Waals surface area contributed by atoms with E-state index in [1.165, 1.54) is 0 Å². The van der Waals surface area contributed by atoms with Crippen molar-refractivity contribution < 1.29 is 0 Å². The van der Waals surface area contributed by atoms with Gasteiger partial charge in [-0.15, -0.1) is 0 Å². The molecule has 16 heavy (non-hydrogen) atoms. The number of anilines is 1. The first kappa shape index (κ1) is 11.5.